The molecular weight excluding hydrogens is 430 g/mol. The predicted molar refractivity (Wildman–Crippen MR) is 129 cm³/mol. The Kier molecular flexibility index (Phi) is 6.26. The monoisotopic (exact) mass is 461 g/mol. The van der Waals surface area contributed by atoms with E-state index in [1.807, 2.05) is 30.3 Å². The van der Waals surface area contributed by atoms with E-state index in [9.17, 15) is 14.7 Å². The Morgan fingerprint density at radius 3 is 2.62 bits per heavy atom. The van der Waals surface area contributed by atoms with Gasteiger partial charge in [-0.2, -0.15) is 0 Å². The first-order valence-corrected chi connectivity index (χ1v) is 12.2. The fraction of sp³-hybridized carbons (Fsp3) is 0.444. The molecule has 1 aliphatic carbocycles. The maximum Gasteiger partial charge on any atom is 0.409 e. The number of carboxylic acids is 1. The van der Waals surface area contributed by atoms with Gasteiger partial charge < -0.3 is 19.3 Å². The Morgan fingerprint density at radius 2 is 1.91 bits per heavy atom. The molecule has 1 amide bonds. The Balaban J connectivity index is 1.60. The number of amides is 1. The summed E-state index contributed by atoms with van der Waals surface area (Å²) in [6.07, 6.45) is 5.12. The van der Waals surface area contributed by atoms with Gasteiger partial charge in [-0.1, -0.05) is 49.2 Å². The molecular formula is C27H31N3O4. The van der Waals surface area contributed by atoms with Gasteiger partial charge in [0.15, 0.2) is 0 Å². The molecule has 7 nitrogen and oxygen atoms in total. The molecule has 0 radical (unpaired) electrons. The standard InChI is InChI=1S/C27H31N3O4/c1-34-27(33)29-14-13-19-11-12-23-25(22(19)17-29)28-26(20-9-5-6-10-20)30(23)16-21(15-24(31)32)18-7-3-2-4-8-18/h2-4,7-8,11-12,20-21H,5-6,9-10,13-17H2,1H3,(H,31,32). The maximum absolute atomic E-state index is 12.2. The number of aliphatic carboxylic acids is 1. The van der Waals surface area contributed by atoms with Crippen LogP contribution in [-0.4, -0.2) is 45.3 Å². The second-order valence-electron chi connectivity index (χ2n) is 9.48. The van der Waals surface area contributed by atoms with Gasteiger partial charge in [-0.15, -0.1) is 0 Å². The number of imidazole rings is 1. The van der Waals surface area contributed by atoms with Crippen LogP contribution in [0, 0.1) is 0 Å². The fourth-order valence-corrected chi connectivity index (χ4v) is 5.66. The molecule has 1 saturated carbocycles. The van der Waals surface area contributed by atoms with Crippen molar-refractivity contribution >= 4 is 23.1 Å². The molecule has 34 heavy (non-hydrogen) atoms. The number of fused-ring (bicyclic) bond motifs is 3. The highest BCUT2D eigenvalue weighted by molar-refractivity contribution is 5.82. The summed E-state index contributed by atoms with van der Waals surface area (Å²) in [7, 11) is 1.41. The van der Waals surface area contributed by atoms with E-state index in [0.29, 0.717) is 25.6 Å². The van der Waals surface area contributed by atoms with Gasteiger partial charge in [0.1, 0.15) is 5.82 Å². The zero-order chi connectivity index (χ0) is 23.7. The number of carboxylic acid groups (broad SMARTS) is 1. The molecule has 2 heterocycles. The van der Waals surface area contributed by atoms with Crippen molar-refractivity contribution in [3.05, 3.63) is 65.0 Å². The molecule has 0 bridgehead atoms. The van der Waals surface area contributed by atoms with Crippen LogP contribution in [0.3, 0.4) is 0 Å². The predicted octanol–water partition coefficient (Wildman–Crippen LogP) is 5.08. The Morgan fingerprint density at radius 1 is 1.15 bits per heavy atom. The number of benzene rings is 2. The third-order valence-electron chi connectivity index (χ3n) is 7.40. The van der Waals surface area contributed by atoms with E-state index in [0.717, 1.165) is 47.2 Å². The molecule has 1 fully saturated rings. The smallest absolute Gasteiger partial charge is 0.409 e. The molecule has 0 spiro atoms. The lowest BCUT2D eigenvalue weighted by Gasteiger charge is -2.27. The van der Waals surface area contributed by atoms with Crippen molar-refractivity contribution in [3.8, 4) is 0 Å². The van der Waals surface area contributed by atoms with Crippen molar-refractivity contribution in [1.82, 2.24) is 14.5 Å². The molecule has 178 valence electrons. The number of ether oxygens (including phenoxy) is 1. The zero-order valence-electron chi connectivity index (χ0n) is 19.6. The van der Waals surface area contributed by atoms with Crippen LogP contribution in [0.25, 0.3) is 11.0 Å². The molecule has 2 aliphatic rings. The van der Waals surface area contributed by atoms with Crippen LogP contribution in [-0.2, 0) is 29.0 Å². The number of carbonyl (C=O) groups excluding carboxylic acids is 1. The largest absolute Gasteiger partial charge is 0.481 e. The van der Waals surface area contributed by atoms with E-state index in [4.69, 9.17) is 9.72 Å². The molecule has 5 rings (SSSR count). The lowest BCUT2D eigenvalue weighted by atomic mass is 9.95. The van der Waals surface area contributed by atoms with Gasteiger partial charge in [-0.25, -0.2) is 9.78 Å². The van der Waals surface area contributed by atoms with Gasteiger partial charge in [0.2, 0.25) is 0 Å². The minimum absolute atomic E-state index is 0.0643. The molecule has 0 saturated heterocycles. The van der Waals surface area contributed by atoms with Gasteiger partial charge >= 0.3 is 12.1 Å². The van der Waals surface area contributed by atoms with Crippen LogP contribution in [0.15, 0.2) is 42.5 Å². The first kappa shape index (κ1) is 22.4. The highest BCUT2D eigenvalue weighted by Gasteiger charge is 2.29. The van der Waals surface area contributed by atoms with Crippen molar-refractivity contribution < 1.29 is 19.4 Å². The molecule has 2 aromatic carbocycles. The minimum Gasteiger partial charge on any atom is -0.481 e. The van der Waals surface area contributed by atoms with Gasteiger partial charge in [-0.3, -0.25) is 4.79 Å². The highest BCUT2D eigenvalue weighted by Crippen LogP contribution is 2.38. The highest BCUT2D eigenvalue weighted by atomic mass is 16.5. The van der Waals surface area contributed by atoms with Crippen molar-refractivity contribution in [2.45, 2.75) is 63.5 Å². The van der Waals surface area contributed by atoms with E-state index in [1.54, 1.807) is 4.90 Å². The number of hydrogen-bond donors (Lipinski definition) is 1. The van der Waals surface area contributed by atoms with E-state index < -0.39 is 5.97 Å². The molecule has 1 unspecified atom stereocenters. The third-order valence-corrected chi connectivity index (χ3v) is 7.40. The molecule has 3 aromatic rings. The number of carbonyl (C=O) groups is 2. The zero-order valence-corrected chi connectivity index (χ0v) is 19.6. The minimum atomic E-state index is -0.799. The first-order chi connectivity index (χ1) is 16.5. The lowest BCUT2D eigenvalue weighted by molar-refractivity contribution is -0.137. The van der Waals surface area contributed by atoms with Gasteiger partial charge in [0, 0.05) is 30.5 Å². The number of rotatable bonds is 6. The maximum atomic E-state index is 12.2. The Bertz CT molecular complexity index is 1200. The quantitative estimate of drug-likeness (QED) is 0.554. The van der Waals surface area contributed by atoms with Crippen molar-refractivity contribution in [2.75, 3.05) is 13.7 Å². The van der Waals surface area contributed by atoms with Crippen molar-refractivity contribution in [3.63, 3.8) is 0 Å². The number of nitrogens with zero attached hydrogens (tertiary/aromatic N) is 3. The average molecular weight is 462 g/mol. The second kappa shape index (κ2) is 9.49. The summed E-state index contributed by atoms with van der Waals surface area (Å²) in [5, 5.41) is 9.66. The van der Waals surface area contributed by atoms with Crippen LogP contribution < -0.4 is 0 Å². The summed E-state index contributed by atoms with van der Waals surface area (Å²) in [6.45, 7) is 1.69. The number of methoxy groups -OCH3 is 1. The van der Waals surface area contributed by atoms with Crippen LogP contribution in [0.2, 0.25) is 0 Å². The Labute approximate surface area is 199 Å². The first-order valence-electron chi connectivity index (χ1n) is 12.2. The van der Waals surface area contributed by atoms with Gasteiger partial charge in [-0.05, 0) is 36.5 Å². The summed E-state index contributed by atoms with van der Waals surface area (Å²) < 4.78 is 7.24. The van der Waals surface area contributed by atoms with E-state index >= 15 is 0 Å². The summed E-state index contributed by atoms with van der Waals surface area (Å²) in [6, 6.07) is 14.2. The van der Waals surface area contributed by atoms with E-state index in [-0.39, 0.29) is 18.4 Å². The Hall–Kier alpha value is -3.35. The number of aromatic nitrogens is 2. The topological polar surface area (TPSA) is 84.7 Å². The van der Waals surface area contributed by atoms with Crippen molar-refractivity contribution in [1.29, 1.82) is 0 Å². The molecule has 1 aromatic heterocycles. The lowest BCUT2D eigenvalue weighted by Crippen LogP contribution is -2.35. The number of hydrogen-bond acceptors (Lipinski definition) is 4. The molecule has 7 heteroatoms. The summed E-state index contributed by atoms with van der Waals surface area (Å²) in [4.78, 5) is 30.9. The van der Waals surface area contributed by atoms with E-state index in [1.165, 1.54) is 25.5 Å². The van der Waals surface area contributed by atoms with E-state index in [2.05, 4.69) is 16.7 Å². The average Bonchev–Trinajstić information content (AvgIpc) is 3.51. The molecule has 1 atom stereocenters. The van der Waals surface area contributed by atoms with Gasteiger partial charge in [0.05, 0.1) is 31.1 Å². The van der Waals surface area contributed by atoms with Crippen LogP contribution in [0.1, 0.15) is 66.5 Å². The second-order valence-corrected chi connectivity index (χ2v) is 9.48. The summed E-state index contributed by atoms with van der Waals surface area (Å²) in [5.74, 6) is 0.484. The summed E-state index contributed by atoms with van der Waals surface area (Å²) >= 11 is 0. The fourth-order valence-electron chi connectivity index (χ4n) is 5.66. The normalized spacial score (nSPS) is 17.0. The van der Waals surface area contributed by atoms with Crippen molar-refractivity contribution in [2.24, 2.45) is 0 Å². The summed E-state index contributed by atoms with van der Waals surface area (Å²) in [5.41, 5.74) is 5.30. The molecule has 1 aliphatic heterocycles. The van der Waals surface area contributed by atoms with Crippen LogP contribution >= 0.6 is 0 Å². The van der Waals surface area contributed by atoms with Gasteiger partial charge in [0.25, 0.3) is 0 Å². The molecule has 1 N–H and O–H groups in total. The van der Waals surface area contributed by atoms with Crippen LogP contribution in [0.4, 0.5) is 4.79 Å². The third kappa shape index (κ3) is 4.27. The SMILES string of the molecule is COC(=O)N1CCc2ccc3c(nc(C4CCCC4)n3CC(CC(=O)O)c3ccccc3)c2C1. The van der Waals surface area contributed by atoms with Crippen LogP contribution in [0.5, 0.6) is 0 Å².